The molecule has 1 atom stereocenters. The van der Waals surface area contributed by atoms with Gasteiger partial charge < -0.3 is 0 Å². The molecule has 1 aromatic heterocycles. The molecule has 0 aromatic carbocycles. The third kappa shape index (κ3) is 2.56. The largest absolute Gasteiger partial charge is 0.417 e. The average molecular weight is 297 g/mol. The Hall–Kier alpha value is -0.950. The van der Waals surface area contributed by atoms with Gasteiger partial charge in [-0.15, -0.1) is 0 Å². The molecule has 1 unspecified atom stereocenters. The molecule has 3 nitrogen and oxygen atoms in total. The molecule has 1 aromatic rings. The normalized spacial score (nSPS) is 20.6. The highest BCUT2D eigenvalue weighted by atomic mass is 35.5. The molecule has 18 heavy (non-hydrogen) atoms. The standard InChI is InChI=1S/C10H8ClF3N2OS/c11-7-1-5(10(12,13)14)3-15-9(7)16-4-6(18)2-8(16)17/h1,3,6,18H,2,4H2. The van der Waals surface area contributed by atoms with Gasteiger partial charge in [-0.1, -0.05) is 11.6 Å². The van der Waals surface area contributed by atoms with Gasteiger partial charge in [-0.05, 0) is 6.07 Å². The summed E-state index contributed by atoms with van der Waals surface area (Å²) in [5.74, 6) is -0.199. The fraction of sp³-hybridized carbons (Fsp3) is 0.400. The first kappa shape index (κ1) is 13.5. The van der Waals surface area contributed by atoms with Crippen LogP contribution in [0.15, 0.2) is 12.3 Å². The van der Waals surface area contributed by atoms with Crippen LogP contribution in [-0.2, 0) is 11.0 Å². The first-order chi connectivity index (χ1) is 8.29. The molecule has 0 saturated carbocycles. The number of pyridine rings is 1. The molecule has 2 heterocycles. The minimum Gasteiger partial charge on any atom is -0.294 e. The first-order valence-electron chi connectivity index (χ1n) is 5.00. The Labute approximate surface area is 111 Å². The number of amides is 1. The van der Waals surface area contributed by atoms with Crippen molar-refractivity contribution in [3.8, 4) is 0 Å². The molecule has 0 aliphatic carbocycles. The highest BCUT2D eigenvalue weighted by Gasteiger charge is 2.34. The van der Waals surface area contributed by atoms with E-state index in [4.69, 9.17) is 11.6 Å². The Morgan fingerprint density at radius 3 is 2.61 bits per heavy atom. The van der Waals surface area contributed by atoms with Crippen molar-refractivity contribution in [2.45, 2.75) is 17.8 Å². The molecule has 1 aliphatic heterocycles. The van der Waals surface area contributed by atoms with Crippen molar-refractivity contribution in [3.05, 3.63) is 22.8 Å². The van der Waals surface area contributed by atoms with Gasteiger partial charge in [0.2, 0.25) is 5.91 Å². The molecule has 0 bridgehead atoms. The van der Waals surface area contributed by atoms with Gasteiger partial charge in [0.15, 0.2) is 5.82 Å². The van der Waals surface area contributed by atoms with Crippen LogP contribution in [0.25, 0.3) is 0 Å². The van der Waals surface area contributed by atoms with Gasteiger partial charge in [-0.25, -0.2) is 4.98 Å². The van der Waals surface area contributed by atoms with E-state index in [1.54, 1.807) is 0 Å². The first-order valence-corrected chi connectivity index (χ1v) is 5.89. The lowest BCUT2D eigenvalue weighted by Gasteiger charge is -2.17. The zero-order chi connectivity index (χ0) is 13.5. The lowest BCUT2D eigenvalue weighted by Crippen LogP contribution is -2.26. The van der Waals surface area contributed by atoms with Crippen molar-refractivity contribution in [1.82, 2.24) is 4.98 Å². The van der Waals surface area contributed by atoms with E-state index in [-0.39, 0.29) is 28.4 Å². The predicted molar refractivity (Wildman–Crippen MR) is 64.0 cm³/mol. The smallest absolute Gasteiger partial charge is 0.294 e. The summed E-state index contributed by atoms with van der Waals surface area (Å²) in [6.07, 6.45) is -3.61. The van der Waals surface area contributed by atoms with E-state index >= 15 is 0 Å². The van der Waals surface area contributed by atoms with Gasteiger partial charge in [0, 0.05) is 24.4 Å². The van der Waals surface area contributed by atoms with Crippen LogP contribution in [-0.4, -0.2) is 22.7 Å². The predicted octanol–water partition coefficient (Wildman–Crippen LogP) is 2.79. The van der Waals surface area contributed by atoms with Crippen LogP contribution < -0.4 is 4.90 Å². The minimum absolute atomic E-state index is 0.0474. The zero-order valence-electron chi connectivity index (χ0n) is 8.91. The van der Waals surface area contributed by atoms with Crippen LogP contribution in [0.1, 0.15) is 12.0 Å². The number of carbonyl (C=O) groups is 1. The summed E-state index contributed by atoms with van der Waals surface area (Å²) in [4.78, 5) is 16.5. The summed E-state index contributed by atoms with van der Waals surface area (Å²) in [6.45, 7) is 0.292. The second kappa shape index (κ2) is 4.62. The number of hydrogen-bond donors (Lipinski definition) is 1. The molecule has 2 rings (SSSR count). The fourth-order valence-corrected chi connectivity index (χ4v) is 2.27. The van der Waals surface area contributed by atoms with Crippen LogP contribution in [0.4, 0.5) is 19.0 Å². The lowest BCUT2D eigenvalue weighted by molar-refractivity contribution is -0.137. The Morgan fingerprint density at radius 2 is 2.17 bits per heavy atom. The number of anilines is 1. The van der Waals surface area contributed by atoms with Crippen LogP contribution >= 0.6 is 24.2 Å². The molecule has 1 saturated heterocycles. The van der Waals surface area contributed by atoms with E-state index in [0.29, 0.717) is 12.7 Å². The van der Waals surface area contributed by atoms with Crippen LogP contribution in [0.5, 0.6) is 0 Å². The topological polar surface area (TPSA) is 33.2 Å². The summed E-state index contributed by atoms with van der Waals surface area (Å²) < 4.78 is 37.3. The number of aromatic nitrogens is 1. The number of carbonyl (C=O) groups excluding carboxylic acids is 1. The van der Waals surface area contributed by atoms with Crippen LogP contribution in [0.3, 0.4) is 0 Å². The van der Waals surface area contributed by atoms with Crippen molar-refractivity contribution < 1.29 is 18.0 Å². The average Bonchev–Trinajstić information content (AvgIpc) is 2.56. The van der Waals surface area contributed by atoms with E-state index in [9.17, 15) is 18.0 Å². The fourth-order valence-electron chi connectivity index (χ4n) is 1.68. The van der Waals surface area contributed by atoms with Crippen molar-refractivity contribution in [2.75, 3.05) is 11.4 Å². The quantitative estimate of drug-likeness (QED) is 0.809. The molecule has 0 N–H and O–H groups in total. The highest BCUT2D eigenvalue weighted by molar-refractivity contribution is 7.81. The van der Waals surface area contributed by atoms with Gasteiger partial charge in [0.25, 0.3) is 0 Å². The van der Waals surface area contributed by atoms with E-state index in [0.717, 1.165) is 6.07 Å². The molecular weight excluding hydrogens is 289 g/mol. The van der Waals surface area contributed by atoms with E-state index in [1.165, 1.54) is 4.90 Å². The number of thiol groups is 1. The molecule has 1 amide bonds. The summed E-state index contributed by atoms with van der Waals surface area (Å²) in [6, 6.07) is 0.767. The van der Waals surface area contributed by atoms with Gasteiger partial charge in [0.05, 0.1) is 10.6 Å². The Balaban J connectivity index is 2.34. The van der Waals surface area contributed by atoms with Gasteiger partial charge >= 0.3 is 6.18 Å². The van der Waals surface area contributed by atoms with Crippen molar-refractivity contribution in [3.63, 3.8) is 0 Å². The summed E-state index contributed by atoms with van der Waals surface area (Å²) in [7, 11) is 0. The molecular formula is C10H8ClF3N2OS. The Bertz CT molecular complexity index is 495. The number of rotatable bonds is 1. The highest BCUT2D eigenvalue weighted by Crippen LogP contribution is 2.34. The summed E-state index contributed by atoms with van der Waals surface area (Å²) >= 11 is 9.90. The minimum atomic E-state index is -4.50. The molecule has 0 radical (unpaired) electrons. The second-order valence-electron chi connectivity index (χ2n) is 3.89. The van der Waals surface area contributed by atoms with Gasteiger partial charge in [-0.3, -0.25) is 9.69 Å². The summed E-state index contributed by atoms with van der Waals surface area (Å²) in [5.41, 5.74) is -0.940. The van der Waals surface area contributed by atoms with Crippen LogP contribution in [0.2, 0.25) is 5.02 Å². The van der Waals surface area contributed by atoms with Crippen molar-refractivity contribution in [1.29, 1.82) is 0 Å². The third-order valence-corrected chi connectivity index (χ3v) is 3.13. The molecule has 1 fully saturated rings. The number of alkyl halides is 3. The molecule has 98 valence electrons. The number of halogens is 4. The maximum Gasteiger partial charge on any atom is 0.417 e. The maximum atomic E-state index is 12.4. The Morgan fingerprint density at radius 1 is 1.50 bits per heavy atom. The Kier molecular flexibility index (Phi) is 3.46. The molecule has 8 heteroatoms. The lowest BCUT2D eigenvalue weighted by atomic mass is 10.2. The van der Waals surface area contributed by atoms with E-state index in [2.05, 4.69) is 17.6 Å². The molecule has 0 spiro atoms. The zero-order valence-corrected chi connectivity index (χ0v) is 10.6. The molecule has 1 aliphatic rings. The van der Waals surface area contributed by atoms with Crippen LogP contribution in [0, 0.1) is 0 Å². The summed E-state index contributed by atoms with van der Waals surface area (Å²) in [5, 5.41) is -0.349. The van der Waals surface area contributed by atoms with Crippen molar-refractivity contribution in [2.24, 2.45) is 0 Å². The number of nitrogens with zero attached hydrogens (tertiary/aromatic N) is 2. The monoisotopic (exact) mass is 296 g/mol. The SMILES string of the molecule is O=C1CC(S)CN1c1ncc(C(F)(F)F)cc1Cl. The third-order valence-electron chi connectivity index (χ3n) is 2.51. The van der Waals surface area contributed by atoms with Gasteiger partial charge in [0.1, 0.15) is 0 Å². The van der Waals surface area contributed by atoms with E-state index < -0.39 is 11.7 Å². The second-order valence-corrected chi connectivity index (χ2v) is 5.03. The maximum absolute atomic E-state index is 12.4. The van der Waals surface area contributed by atoms with E-state index in [1.807, 2.05) is 0 Å². The van der Waals surface area contributed by atoms with Gasteiger partial charge in [-0.2, -0.15) is 25.8 Å². The number of hydrogen-bond acceptors (Lipinski definition) is 3. The van der Waals surface area contributed by atoms with Crippen molar-refractivity contribution >= 4 is 36.0 Å².